The number of halogens is 3. The monoisotopic (exact) mass is 331 g/mol. The molecular formula is C14H16F3N3O3. The summed E-state index contributed by atoms with van der Waals surface area (Å²) in [5.41, 5.74) is -0.509. The molecule has 1 fully saturated rings. The predicted molar refractivity (Wildman–Crippen MR) is 76.2 cm³/mol. The van der Waals surface area contributed by atoms with Gasteiger partial charge in [0.25, 0.3) is 0 Å². The van der Waals surface area contributed by atoms with Crippen LogP contribution in [0, 0.1) is 0 Å². The lowest BCUT2D eigenvalue weighted by atomic mass is 10.1. The van der Waals surface area contributed by atoms with Gasteiger partial charge in [0, 0.05) is 24.8 Å². The lowest BCUT2D eigenvalue weighted by Gasteiger charge is -2.31. The molecule has 0 atom stereocenters. The van der Waals surface area contributed by atoms with Gasteiger partial charge in [-0.2, -0.15) is 13.2 Å². The third-order valence-corrected chi connectivity index (χ3v) is 3.57. The van der Waals surface area contributed by atoms with Crippen LogP contribution in [0.4, 0.5) is 28.4 Å². The summed E-state index contributed by atoms with van der Waals surface area (Å²) in [6.07, 6.45) is -4.53. The van der Waals surface area contributed by atoms with Crippen molar-refractivity contribution in [3.63, 3.8) is 0 Å². The van der Waals surface area contributed by atoms with Gasteiger partial charge in [0.2, 0.25) is 0 Å². The van der Waals surface area contributed by atoms with E-state index in [2.05, 4.69) is 10.6 Å². The molecule has 0 aromatic heterocycles. The lowest BCUT2D eigenvalue weighted by Crippen LogP contribution is -2.47. The maximum Gasteiger partial charge on any atom is 0.416 e. The number of piperidine rings is 1. The van der Waals surface area contributed by atoms with Gasteiger partial charge < -0.3 is 20.6 Å². The molecule has 0 unspecified atom stereocenters. The molecule has 1 heterocycles. The van der Waals surface area contributed by atoms with Crippen LogP contribution in [0.25, 0.3) is 0 Å². The molecule has 2 rings (SSSR count). The number of hydrogen-bond donors (Lipinski definition) is 3. The van der Waals surface area contributed by atoms with Crippen molar-refractivity contribution < 1.29 is 27.9 Å². The van der Waals surface area contributed by atoms with Gasteiger partial charge in [-0.3, -0.25) is 0 Å². The average molecular weight is 331 g/mol. The molecule has 0 aliphatic carbocycles. The van der Waals surface area contributed by atoms with Crippen LogP contribution < -0.4 is 10.6 Å². The number of anilines is 1. The molecule has 23 heavy (non-hydrogen) atoms. The number of nitrogens with zero attached hydrogens (tertiary/aromatic N) is 1. The number of hydrogen-bond acceptors (Lipinski definition) is 2. The standard InChI is InChI=1S/C14H16F3N3O3/c15-14(16,17)9-1-3-10(4-2-9)18-12(21)20-7-5-11(6-8-20)19-13(22)23/h1-4,11,19H,5-8H2,(H,18,21)(H,22,23). The minimum atomic E-state index is -4.42. The van der Waals surface area contributed by atoms with E-state index in [1.165, 1.54) is 17.0 Å². The highest BCUT2D eigenvalue weighted by Crippen LogP contribution is 2.29. The molecule has 1 aromatic rings. The smallest absolute Gasteiger partial charge is 0.416 e. The Kier molecular flexibility index (Phi) is 4.97. The molecule has 1 saturated heterocycles. The number of alkyl halides is 3. The van der Waals surface area contributed by atoms with Gasteiger partial charge in [-0.25, -0.2) is 9.59 Å². The second-order valence-corrected chi connectivity index (χ2v) is 5.22. The fraction of sp³-hybridized carbons (Fsp3) is 0.429. The Labute approximate surface area is 130 Å². The SMILES string of the molecule is O=C(O)NC1CCN(C(=O)Nc2ccc(C(F)(F)F)cc2)CC1. The second kappa shape index (κ2) is 6.76. The van der Waals surface area contributed by atoms with Crippen LogP contribution >= 0.6 is 0 Å². The molecule has 9 heteroatoms. The zero-order valence-corrected chi connectivity index (χ0v) is 12.1. The lowest BCUT2D eigenvalue weighted by molar-refractivity contribution is -0.137. The van der Waals surface area contributed by atoms with E-state index < -0.39 is 23.9 Å². The van der Waals surface area contributed by atoms with Crippen LogP contribution in [-0.4, -0.2) is 41.3 Å². The van der Waals surface area contributed by atoms with Crippen LogP contribution in [0.2, 0.25) is 0 Å². The van der Waals surface area contributed by atoms with Gasteiger partial charge in [0.15, 0.2) is 0 Å². The summed E-state index contributed by atoms with van der Waals surface area (Å²) >= 11 is 0. The number of rotatable bonds is 2. The van der Waals surface area contributed by atoms with E-state index in [1.54, 1.807) is 0 Å². The normalized spacial score (nSPS) is 16.0. The van der Waals surface area contributed by atoms with Crippen LogP contribution in [0.15, 0.2) is 24.3 Å². The van der Waals surface area contributed by atoms with Gasteiger partial charge in [0.05, 0.1) is 5.56 Å². The molecule has 3 amide bonds. The summed E-state index contributed by atoms with van der Waals surface area (Å²) in [5.74, 6) is 0. The fourth-order valence-electron chi connectivity index (χ4n) is 2.35. The van der Waals surface area contributed by atoms with E-state index in [0.29, 0.717) is 25.9 Å². The van der Waals surface area contributed by atoms with Gasteiger partial charge in [0.1, 0.15) is 0 Å². The van der Waals surface area contributed by atoms with Crippen molar-refractivity contribution >= 4 is 17.8 Å². The quantitative estimate of drug-likeness (QED) is 0.779. The van der Waals surface area contributed by atoms with Crippen LogP contribution in [0.5, 0.6) is 0 Å². The largest absolute Gasteiger partial charge is 0.465 e. The molecular weight excluding hydrogens is 315 g/mol. The maximum atomic E-state index is 12.5. The first-order valence-electron chi connectivity index (χ1n) is 6.98. The summed E-state index contributed by atoms with van der Waals surface area (Å²) < 4.78 is 37.4. The van der Waals surface area contributed by atoms with Crippen molar-refractivity contribution in [2.75, 3.05) is 18.4 Å². The van der Waals surface area contributed by atoms with E-state index in [4.69, 9.17) is 5.11 Å². The first kappa shape index (κ1) is 16.9. The number of carbonyl (C=O) groups is 2. The van der Waals surface area contributed by atoms with E-state index in [-0.39, 0.29) is 11.7 Å². The Hall–Kier alpha value is -2.45. The Morgan fingerprint density at radius 2 is 1.70 bits per heavy atom. The number of likely N-dealkylation sites (tertiary alicyclic amines) is 1. The molecule has 0 spiro atoms. The van der Waals surface area contributed by atoms with Crippen molar-refractivity contribution in [1.82, 2.24) is 10.2 Å². The highest BCUT2D eigenvalue weighted by Gasteiger charge is 2.30. The Balaban J connectivity index is 1.87. The molecule has 0 saturated carbocycles. The number of nitrogens with one attached hydrogen (secondary N) is 2. The minimum Gasteiger partial charge on any atom is -0.465 e. The Bertz CT molecular complexity index is 567. The number of benzene rings is 1. The summed E-state index contributed by atoms with van der Waals surface area (Å²) in [6, 6.07) is 3.58. The van der Waals surface area contributed by atoms with E-state index in [9.17, 15) is 22.8 Å². The number of carbonyl (C=O) groups excluding carboxylic acids is 1. The molecule has 1 aliphatic rings. The third-order valence-electron chi connectivity index (χ3n) is 3.57. The van der Waals surface area contributed by atoms with E-state index in [1.807, 2.05) is 0 Å². The van der Waals surface area contributed by atoms with Gasteiger partial charge in [-0.1, -0.05) is 0 Å². The zero-order valence-electron chi connectivity index (χ0n) is 12.1. The van der Waals surface area contributed by atoms with E-state index in [0.717, 1.165) is 12.1 Å². The van der Waals surface area contributed by atoms with Crippen molar-refractivity contribution in [3.05, 3.63) is 29.8 Å². The van der Waals surface area contributed by atoms with E-state index >= 15 is 0 Å². The Morgan fingerprint density at radius 1 is 1.13 bits per heavy atom. The summed E-state index contributed by atoms with van der Waals surface area (Å²) in [6.45, 7) is 0.745. The molecule has 1 aliphatic heterocycles. The summed E-state index contributed by atoms with van der Waals surface area (Å²) in [5, 5.41) is 13.5. The number of amides is 3. The number of carboxylic acid groups (broad SMARTS) is 1. The zero-order chi connectivity index (χ0) is 17.0. The second-order valence-electron chi connectivity index (χ2n) is 5.22. The fourth-order valence-corrected chi connectivity index (χ4v) is 2.35. The van der Waals surface area contributed by atoms with Crippen molar-refractivity contribution in [2.45, 2.75) is 25.1 Å². The summed E-state index contributed by atoms with van der Waals surface area (Å²) in [7, 11) is 0. The van der Waals surface area contributed by atoms with Crippen molar-refractivity contribution in [2.24, 2.45) is 0 Å². The summed E-state index contributed by atoms with van der Waals surface area (Å²) in [4.78, 5) is 24.1. The third kappa shape index (κ3) is 4.76. The van der Waals surface area contributed by atoms with Crippen LogP contribution in [0.1, 0.15) is 18.4 Å². The maximum absolute atomic E-state index is 12.5. The van der Waals surface area contributed by atoms with Crippen LogP contribution in [-0.2, 0) is 6.18 Å². The van der Waals surface area contributed by atoms with Crippen molar-refractivity contribution in [1.29, 1.82) is 0 Å². The Morgan fingerprint density at radius 3 is 2.17 bits per heavy atom. The van der Waals surface area contributed by atoms with Crippen molar-refractivity contribution in [3.8, 4) is 0 Å². The number of urea groups is 1. The first-order chi connectivity index (χ1) is 10.8. The average Bonchev–Trinajstić information content (AvgIpc) is 2.47. The molecule has 3 N–H and O–H groups in total. The van der Waals surface area contributed by atoms with Gasteiger partial charge in [-0.15, -0.1) is 0 Å². The molecule has 6 nitrogen and oxygen atoms in total. The molecule has 126 valence electrons. The molecule has 1 aromatic carbocycles. The molecule has 0 radical (unpaired) electrons. The molecule has 0 bridgehead atoms. The highest BCUT2D eigenvalue weighted by atomic mass is 19.4. The van der Waals surface area contributed by atoms with Crippen LogP contribution in [0.3, 0.4) is 0 Å². The predicted octanol–water partition coefficient (Wildman–Crippen LogP) is 2.97. The van der Waals surface area contributed by atoms with Gasteiger partial charge in [-0.05, 0) is 37.1 Å². The minimum absolute atomic E-state index is 0.192. The highest BCUT2D eigenvalue weighted by molar-refractivity contribution is 5.89. The topological polar surface area (TPSA) is 81.7 Å². The first-order valence-corrected chi connectivity index (χ1v) is 6.98. The van der Waals surface area contributed by atoms with Gasteiger partial charge >= 0.3 is 18.3 Å².